The lowest BCUT2D eigenvalue weighted by molar-refractivity contribution is 0.615. The summed E-state index contributed by atoms with van der Waals surface area (Å²) in [5.74, 6) is -0.916. The van der Waals surface area contributed by atoms with Crippen LogP contribution in [0.3, 0.4) is 0 Å². The lowest BCUT2D eigenvalue weighted by Gasteiger charge is -2.09. The van der Waals surface area contributed by atoms with E-state index in [1.807, 2.05) is 0 Å². The molecule has 0 radical (unpaired) electrons. The number of benzene rings is 2. The van der Waals surface area contributed by atoms with E-state index in [0.29, 0.717) is 8.95 Å². The molecule has 0 aliphatic rings. The Morgan fingerprint density at radius 2 is 1.06 bits per heavy atom. The van der Waals surface area contributed by atoms with E-state index < -0.39 is 11.6 Å². The van der Waals surface area contributed by atoms with Gasteiger partial charge in [-0.05, 0) is 24.3 Å². The monoisotopic (exact) mass is 346 g/mol. The van der Waals surface area contributed by atoms with Crippen LogP contribution in [0.25, 0.3) is 11.1 Å². The van der Waals surface area contributed by atoms with Crippen LogP contribution in [-0.2, 0) is 0 Å². The van der Waals surface area contributed by atoms with Crippen molar-refractivity contribution in [3.8, 4) is 11.1 Å². The first-order valence-corrected chi connectivity index (χ1v) is 6.08. The van der Waals surface area contributed by atoms with Crippen LogP contribution in [0.5, 0.6) is 0 Å². The van der Waals surface area contributed by atoms with E-state index in [2.05, 4.69) is 31.9 Å². The highest BCUT2D eigenvalue weighted by atomic mass is 79.9. The molecule has 0 bridgehead atoms. The highest BCUT2D eigenvalue weighted by Crippen LogP contribution is 2.37. The molecule has 16 heavy (non-hydrogen) atoms. The standard InChI is InChI=1S/C12H6Br2F2/c13-7-3-1-5-9(15)11(7)12-8(14)4-2-6-10(12)16/h1-6H. The lowest BCUT2D eigenvalue weighted by atomic mass is 10.0. The predicted molar refractivity (Wildman–Crippen MR) is 67.2 cm³/mol. The van der Waals surface area contributed by atoms with Gasteiger partial charge in [0.1, 0.15) is 11.6 Å². The fourth-order valence-corrected chi connectivity index (χ4v) is 2.55. The summed E-state index contributed by atoms with van der Waals surface area (Å²) in [6.45, 7) is 0. The zero-order chi connectivity index (χ0) is 11.7. The number of halogens is 4. The Balaban J connectivity index is 2.77. The second kappa shape index (κ2) is 4.63. The zero-order valence-electron chi connectivity index (χ0n) is 7.98. The SMILES string of the molecule is Fc1cccc(Br)c1-c1c(F)cccc1Br. The normalized spacial score (nSPS) is 10.5. The quantitative estimate of drug-likeness (QED) is 0.668. The van der Waals surface area contributed by atoms with Crippen LogP contribution in [0.4, 0.5) is 8.78 Å². The van der Waals surface area contributed by atoms with Crippen LogP contribution in [0.1, 0.15) is 0 Å². The molecule has 0 N–H and O–H groups in total. The third kappa shape index (κ3) is 2.04. The van der Waals surface area contributed by atoms with Gasteiger partial charge in [-0.1, -0.05) is 44.0 Å². The topological polar surface area (TPSA) is 0 Å². The van der Waals surface area contributed by atoms with E-state index in [4.69, 9.17) is 0 Å². The van der Waals surface area contributed by atoms with E-state index in [9.17, 15) is 8.78 Å². The molecule has 0 aliphatic heterocycles. The molecule has 0 heterocycles. The van der Waals surface area contributed by atoms with E-state index in [1.165, 1.54) is 12.1 Å². The molecule has 0 saturated carbocycles. The minimum Gasteiger partial charge on any atom is -0.206 e. The average Bonchev–Trinajstić information content (AvgIpc) is 2.21. The minimum atomic E-state index is -0.458. The van der Waals surface area contributed by atoms with Crippen molar-refractivity contribution < 1.29 is 8.78 Å². The molecule has 0 fully saturated rings. The summed E-state index contributed by atoms with van der Waals surface area (Å²) in [5, 5.41) is 0. The van der Waals surface area contributed by atoms with Crippen LogP contribution in [0, 0.1) is 11.6 Å². The van der Waals surface area contributed by atoms with Crippen LogP contribution in [0.15, 0.2) is 45.3 Å². The van der Waals surface area contributed by atoms with Crippen molar-refractivity contribution in [1.29, 1.82) is 0 Å². The fourth-order valence-electron chi connectivity index (χ4n) is 1.47. The van der Waals surface area contributed by atoms with Crippen molar-refractivity contribution >= 4 is 31.9 Å². The van der Waals surface area contributed by atoms with Gasteiger partial charge in [-0.25, -0.2) is 8.78 Å². The first-order chi connectivity index (χ1) is 7.61. The van der Waals surface area contributed by atoms with Crippen molar-refractivity contribution in [2.75, 3.05) is 0 Å². The molecule has 82 valence electrons. The molecule has 0 aliphatic carbocycles. The van der Waals surface area contributed by atoms with E-state index >= 15 is 0 Å². The summed E-state index contributed by atoms with van der Waals surface area (Å²) >= 11 is 6.45. The van der Waals surface area contributed by atoms with Gasteiger partial charge in [0.15, 0.2) is 0 Å². The predicted octanol–water partition coefficient (Wildman–Crippen LogP) is 5.16. The maximum atomic E-state index is 13.7. The Morgan fingerprint density at radius 1 is 0.688 bits per heavy atom. The number of rotatable bonds is 1. The maximum Gasteiger partial charge on any atom is 0.132 e. The minimum absolute atomic E-state index is 0.229. The van der Waals surface area contributed by atoms with Gasteiger partial charge in [-0.3, -0.25) is 0 Å². The molecule has 2 rings (SSSR count). The summed E-state index contributed by atoms with van der Waals surface area (Å²) in [7, 11) is 0. The number of hydrogen-bond donors (Lipinski definition) is 0. The Kier molecular flexibility index (Phi) is 3.40. The second-order valence-corrected chi connectivity index (χ2v) is 4.90. The molecule has 0 spiro atoms. The average molecular weight is 348 g/mol. The van der Waals surface area contributed by atoms with Crippen molar-refractivity contribution in [3.05, 3.63) is 57.0 Å². The van der Waals surface area contributed by atoms with Gasteiger partial charge >= 0.3 is 0 Å². The maximum absolute atomic E-state index is 13.7. The lowest BCUT2D eigenvalue weighted by Crippen LogP contribution is -1.91. The Labute approximate surface area is 109 Å². The second-order valence-electron chi connectivity index (χ2n) is 3.19. The Hall–Kier alpha value is -0.740. The summed E-state index contributed by atoms with van der Waals surface area (Å²) in [6.07, 6.45) is 0. The third-order valence-electron chi connectivity index (χ3n) is 2.18. The molecule has 4 heteroatoms. The molecule has 0 aromatic heterocycles. The molecule has 0 atom stereocenters. The van der Waals surface area contributed by atoms with Gasteiger partial charge < -0.3 is 0 Å². The Morgan fingerprint density at radius 3 is 1.38 bits per heavy atom. The zero-order valence-corrected chi connectivity index (χ0v) is 11.1. The summed E-state index contributed by atoms with van der Waals surface area (Å²) < 4.78 is 28.4. The van der Waals surface area contributed by atoms with Crippen LogP contribution >= 0.6 is 31.9 Å². The molecular formula is C12H6Br2F2. The first kappa shape index (κ1) is 11.7. The molecule has 0 amide bonds. The third-order valence-corrected chi connectivity index (χ3v) is 3.50. The van der Waals surface area contributed by atoms with Crippen molar-refractivity contribution in [2.45, 2.75) is 0 Å². The fraction of sp³-hybridized carbons (Fsp3) is 0. The van der Waals surface area contributed by atoms with E-state index in [-0.39, 0.29) is 11.1 Å². The van der Waals surface area contributed by atoms with Gasteiger partial charge in [-0.15, -0.1) is 0 Å². The van der Waals surface area contributed by atoms with Crippen LogP contribution in [-0.4, -0.2) is 0 Å². The van der Waals surface area contributed by atoms with E-state index in [0.717, 1.165) is 0 Å². The molecular weight excluding hydrogens is 342 g/mol. The molecule has 2 aromatic carbocycles. The molecule has 0 nitrogen and oxygen atoms in total. The smallest absolute Gasteiger partial charge is 0.132 e. The van der Waals surface area contributed by atoms with Crippen LogP contribution < -0.4 is 0 Å². The van der Waals surface area contributed by atoms with Gasteiger partial charge in [-0.2, -0.15) is 0 Å². The number of hydrogen-bond acceptors (Lipinski definition) is 0. The molecule has 2 aromatic rings. The van der Waals surface area contributed by atoms with Gasteiger partial charge in [0, 0.05) is 20.1 Å². The summed E-state index contributed by atoms with van der Waals surface area (Å²) in [4.78, 5) is 0. The highest BCUT2D eigenvalue weighted by Gasteiger charge is 2.15. The largest absolute Gasteiger partial charge is 0.206 e. The van der Waals surface area contributed by atoms with Crippen molar-refractivity contribution in [1.82, 2.24) is 0 Å². The molecule has 0 unspecified atom stereocenters. The van der Waals surface area contributed by atoms with Crippen LogP contribution in [0.2, 0.25) is 0 Å². The first-order valence-electron chi connectivity index (χ1n) is 4.49. The molecule has 0 saturated heterocycles. The summed E-state index contributed by atoms with van der Waals surface area (Å²) in [6, 6.07) is 9.10. The van der Waals surface area contributed by atoms with Gasteiger partial charge in [0.2, 0.25) is 0 Å². The summed E-state index contributed by atoms with van der Waals surface area (Å²) in [5.41, 5.74) is 0.458. The van der Waals surface area contributed by atoms with Crippen molar-refractivity contribution in [3.63, 3.8) is 0 Å². The highest BCUT2D eigenvalue weighted by molar-refractivity contribution is 9.11. The van der Waals surface area contributed by atoms with Crippen molar-refractivity contribution in [2.24, 2.45) is 0 Å². The Bertz CT molecular complexity index is 449. The van der Waals surface area contributed by atoms with Gasteiger partial charge in [0.05, 0.1) is 0 Å². The van der Waals surface area contributed by atoms with E-state index in [1.54, 1.807) is 24.3 Å². The van der Waals surface area contributed by atoms with Gasteiger partial charge in [0.25, 0.3) is 0 Å².